The van der Waals surface area contributed by atoms with Gasteiger partial charge in [0.1, 0.15) is 11.6 Å². The smallest absolute Gasteiger partial charge is 0.137 e. The highest BCUT2D eigenvalue weighted by Gasteiger charge is 2.18. The van der Waals surface area contributed by atoms with Crippen LogP contribution in [-0.4, -0.2) is 43.2 Å². The van der Waals surface area contributed by atoms with Gasteiger partial charge in [-0.25, -0.2) is 9.97 Å². The van der Waals surface area contributed by atoms with Crippen LogP contribution in [0.2, 0.25) is 0 Å². The molecule has 8 heteroatoms. The van der Waals surface area contributed by atoms with Crippen LogP contribution >= 0.6 is 0 Å². The first-order chi connectivity index (χ1) is 30.4. The molecule has 0 aliphatic carbocycles. The van der Waals surface area contributed by atoms with Crippen LogP contribution < -0.4 is 9.80 Å². The predicted molar refractivity (Wildman–Crippen MR) is 256 cm³/mol. The molecule has 0 N–H and O–H groups in total. The predicted octanol–water partition coefficient (Wildman–Crippen LogP) is 12.9. The number of anilines is 4. The molecule has 298 valence electrons. The second kappa shape index (κ2) is 14.9. The Kier molecular flexibility index (Phi) is 8.86. The molecule has 0 aliphatic rings. The van der Waals surface area contributed by atoms with Crippen LogP contribution in [0, 0.1) is 13.8 Å². The van der Waals surface area contributed by atoms with Crippen LogP contribution in [0.15, 0.2) is 183 Å². The van der Waals surface area contributed by atoms with Gasteiger partial charge in [0.2, 0.25) is 0 Å². The molecular weight excluding hydrogens is 761 g/mol. The van der Waals surface area contributed by atoms with Crippen molar-refractivity contribution in [3.05, 3.63) is 194 Å². The van der Waals surface area contributed by atoms with E-state index in [9.17, 15) is 0 Å². The lowest BCUT2D eigenvalue weighted by Gasteiger charge is -2.21. The Balaban J connectivity index is 0.877. The summed E-state index contributed by atoms with van der Waals surface area (Å²) in [7, 11) is 4.21. The minimum absolute atomic E-state index is 0.810. The van der Waals surface area contributed by atoms with Gasteiger partial charge in [-0.2, -0.15) is 0 Å². The molecule has 8 nitrogen and oxygen atoms in total. The maximum absolute atomic E-state index is 4.93. The normalized spacial score (nSPS) is 11.5. The van der Waals surface area contributed by atoms with Gasteiger partial charge in [-0.3, -0.25) is 19.1 Å². The first-order valence-corrected chi connectivity index (χ1v) is 20.8. The number of pyridine rings is 2. The van der Waals surface area contributed by atoms with E-state index >= 15 is 0 Å². The van der Waals surface area contributed by atoms with E-state index in [1.165, 1.54) is 32.7 Å². The zero-order valence-electron chi connectivity index (χ0n) is 34.9. The van der Waals surface area contributed by atoms with E-state index in [4.69, 9.17) is 19.9 Å². The highest BCUT2D eigenvalue weighted by Crippen LogP contribution is 2.38. The number of nitrogens with zero attached hydrogens (tertiary/aromatic N) is 8. The van der Waals surface area contributed by atoms with Gasteiger partial charge >= 0.3 is 0 Å². The lowest BCUT2D eigenvalue weighted by molar-refractivity contribution is 1.08. The van der Waals surface area contributed by atoms with Crippen LogP contribution in [0.25, 0.3) is 77.8 Å². The number of benzene rings is 6. The third-order valence-corrected chi connectivity index (χ3v) is 12.1. The number of rotatable bonds is 8. The van der Waals surface area contributed by atoms with Gasteiger partial charge in [0, 0.05) is 81.9 Å². The fourth-order valence-electron chi connectivity index (χ4n) is 8.80. The Bertz CT molecular complexity index is 3230. The molecule has 0 radical (unpaired) electrons. The summed E-state index contributed by atoms with van der Waals surface area (Å²) in [6, 6.07) is 55.7. The molecule has 0 aliphatic heterocycles. The molecule has 0 saturated carbocycles. The van der Waals surface area contributed by atoms with Gasteiger partial charge in [-0.15, -0.1) is 0 Å². The second-order valence-electron chi connectivity index (χ2n) is 16.0. The Labute approximate surface area is 359 Å². The van der Waals surface area contributed by atoms with E-state index in [1.54, 1.807) is 0 Å². The van der Waals surface area contributed by atoms with Crippen molar-refractivity contribution in [2.75, 3.05) is 23.9 Å². The summed E-state index contributed by atoms with van der Waals surface area (Å²) in [5, 5.41) is 4.84. The van der Waals surface area contributed by atoms with Crippen molar-refractivity contribution in [1.29, 1.82) is 0 Å². The average molecular weight is 803 g/mol. The topological polar surface area (TPSA) is 67.9 Å². The molecule has 6 aromatic carbocycles. The maximum atomic E-state index is 4.93. The zero-order valence-corrected chi connectivity index (χ0v) is 34.9. The van der Waals surface area contributed by atoms with E-state index in [-0.39, 0.29) is 0 Å². The van der Waals surface area contributed by atoms with Crippen LogP contribution in [0.3, 0.4) is 0 Å². The zero-order chi connectivity index (χ0) is 41.9. The van der Waals surface area contributed by atoms with E-state index in [0.717, 1.165) is 79.0 Å². The molecule has 11 aromatic rings. The number of hydrogen-bond donors (Lipinski definition) is 0. The molecule has 0 fully saturated rings. The monoisotopic (exact) mass is 802 g/mol. The minimum atomic E-state index is 0.810. The molecule has 62 heavy (non-hydrogen) atoms. The van der Waals surface area contributed by atoms with E-state index in [0.29, 0.717) is 0 Å². The van der Waals surface area contributed by atoms with E-state index in [2.05, 4.69) is 180 Å². The molecule has 0 unspecified atom stereocenters. The molecular formula is C54H42N8. The Morgan fingerprint density at radius 2 is 0.823 bits per heavy atom. The van der Waals surface area contributed by atoms with Crippen molar-refractivity contribution in [2.24, 2.45) is 0 Å². The fourth-order valence-corrected chi connectivity index (χ4v) is 8.80. The minimum Gasteiger partial charge on any atom is -0.345 e. The Morgan fingerprint density at radius 1 is 0.371 bits per heavy atom. The van der Waals surface area contributed by atoms with E-state index < -0.39 is 0 Å². The van der Waals surface area contributed by atoms with Crippen LogP contribution in [0.1, 0.15) is 11.1 Å². The van der Waals surface area contributed by atoms with E-state index in [1.807, 2.05) is 49.1 Å². The van der Waals surface area contributed by atoms with Crippen LogP contribution in [0.4, 0.5) is 22.7 Å². The van der Waals surface area contributed by atoms with Gasteiger partial charge in [0.05, 0.1) is 45.8 Å². The van der Waals surface area contributed by atoms with Crippen LogP contribution in [-0.2, 0) is 0 Å². The lowest BCUT2D eigenvalue weighted by atomic mass is 10.1. The number of hydrogen-bond acceptors (Lipinski definition) is 6. The number of fused-ring (bicyclic) bond motifs is 6. The maximum Gasteiger partial charge on any atom is 0.137 e. The molecule has 0 saturated heterocycles. The Morgan fingerprint density at radius 3 is 1.24 bits per heavy atom. The number of aryl methyl sites for hydroxylation is 2. The van der Waals surface area contributed by atoms with Crippen molar-refractivity contribution < 1.29 is 0 Å². The van der Waals surface area contributed by atoms with Crippen molar-refractivity contribution in [3.8, 4) is 34.2 Å². The summed E-state index contributed by atoms with van der Waals surface area (Å²) in [5.41, 5.74) is 14.8. The van der Waals surface area contributed by atoms with Gasteiger partial charge in [0.25, 0.3) is 0 Å². The summed E-state index contributed by atoms with van der Waals surface area (Å²) in [6.07, 6.45) is 7.44. The SMILES string of the molecule is Cc1ccc2c(c1)c1ccc(N(C)c3cccc(-c4cnc(-c5cccc(N(C)c6ccc7c8cc(C)ccc8n(-c8ccccn8)c7c6)c5)cn4)c3)cc1n2-c1ccccn1. The van der Waals surface area contributed by atoms with Gasteiger partial charge in [-0.1, -0.05) is 71.8 Å². The van der Waals surface area contributed by atoms with Gasteiger partial charge < -0.3 is 9.80 Å². The molecule has 5 aromatic heterocycles. The first-order valence-electron chi connectivity index (χ1n) is 20.8. The molecule has 0 spiro atoms. The summed E-state index contributed by atoms with van der Waals surface area (Å²) < 4.78 is 4.51. The molecule has 0 amide bonds. The lowest BCUT2D eigenvalue weighted by Crippen LogP contribution is -2.09. The average Bonchev–Trinajstić information content (AvgIpc) is 3.82. The quantitative estimate of drug-likeness (QED) is 0.152. The fraction of sp³-hybridized carbons (Fsp3) is 0.0741. The van der Waals surface area contributed by atoms with Crippen molar-refractivity contribution in [2.45, 2.75) is 13.8 Å². The number of aromatic nitrogens is 6. The van der Waals surface area contributed by atoms with Crippen molar-refractivity contribution >= 4 is 66.4 Å². The van der Waals surface area contributed by atoms with Gasteiger partial charge in [-0.05, 0) is 111 Å². The summed E-state index contributed by atoms with van der Waals surface area (Å²) in [4.78, 5) is 23.8. The molecule has 0 atom stereocenters. The summed E-state index contributed by atoms with van der Waals surface area (Å²) >= 11 is 0. The molecule has 0 bridgehead atoms. The largest absolute Gasteiger partial charge is 0.345 e. The first kappa shape index (κ1) is 36.9. The van der Waals surface area contributed by atoms with Gasteiger partial charge in [0.15, 0.2) is 0 Å². The summed E-state index contributed by atoms with van der Waals surface area (Å²) in [5.74, 6) is 1.79. The second-order valence-corrected chi connectivity index (χ2v) is 16.0. The van der Waals surface area contributed by atoms with Crippen molar-refractivity contribution in [1.82, 2.24) is 29.1 Å². The summed E-state index contributed by atoms with van der Waals surface area (Å²) in [6.45, 7) is 4.28. The van der Waals surface area contributed by atoms with Crippen molar-refractivity contribution in [3.63, 3.8) is 0 Å². The third kappa shape index (κ3) is 6.32. The highest BCUT2D eigenvalue weighted by atomic mass is 15.1. The molecule has 11 rings (SSSR count). The highest BCUT2D eigenvalue weighted by molar-refractivity contribution is 6.11. The molecule has 5 heterocycles. The standard InChI is InChI=1S/C54H42N8/c1-35-17-23-49-45(27-35)43-21-19-41(31-51(43)61(49)53-15-5-7-25-55-53)59(3)39-13-9-11-37(29-39)47-33-58-48(34-57-47)38-12-10-14-40(30-38)60(4)42-20-22-44-46-28-36(2)18-24-50(46)62(52(44)32-42)54-16-6-8-26-56-54/h5-34H,1-4H3. The Hall–Kier alpha value is -8.10. The van der Waals surface area contributed by atoms with Crippen LogP contribution in [0.5, 0.6) is 0 Å². The third-order valence-electron chi connectivity index (χ3n) is 12.1.